The summed E-state index contributed by atoms with van der Waals surface area (Å²) in [6, 6.07) is 6.74. The minimum Gasteiger partial charge on any atom is -0.541 e. The maximum absolute atomic E-state index is 13.4. The number of alkyl halides is 3. The second-order valence-electron chi connectivity index (χ2n) is 5.86. The smallest absolute Gasteiger partial charge is 0.527 e. The molecule has 9 heteroatoms. The van der Waals surface area contributed by atoms with Crippen LogP contribution >= 0.6 is 0 Å². The number of halogens is 3. The molecule has 1 aromatic carbocycles. The molecule has 1 N–H and O–H groups in total. The molecule has 1 aromatic heterocycles. The lowest BCUT2D eigenvalue weighted by Crippen LogP contribution is -2.10. The molecule has 27 heavy (non-hydrogen) atoms. The first-order chi connectivity index (χ1) is 12.8. The molecule has 0 radical (unpaired) electrons. The molecule has 142 valence electrons. The summed E-state index contributed by atoms with van der Waals surface area (Å²) in [6.07, 6.45) is -3.24. The van der Waals surface area contributed by atoms with Crippen LogP contribution in [0.15, 0.2) is 36.6 Å². The fraction of sp³-hybridized carbons (Fsp3) is 0.278. The van der Waals surface area contributed by atoms with Crippen LogP contribution in [0, 0.1) is 0 Å². The number of nitrogens with zero attached hydrogens (tertiary/aromatic N) is 1. The van der Waals surface area contributed by atoms with Crippen LogP contribution in [0.2, 0.25) is 6.32 Å². The Kier molecular flexibility index (Phi) is 5.32. The second-order valence-corrected chi connectivity index (χ2v) is 5.86. The van der Waals surface area contributed by atoms with Gasteiger partial charge in [-0.15, -0.1) is 0 Å². The van der Waals surface area contributed by atoms with Crippen molar-refractivity contribution in [2.24, 2.45) is 0 Å². The highest BCUT2D eigenvalue weighted by Crippen LogP contribution is 2.37. The number of rotatable bonds is 5. The third-order valence-electron chi connectivity index (χ3n) is 4.00. The quantitative estimate of drug-likeness (QED) is 0.796. The van der Waals surface area contributed by atoms with Gasteiger partial charge in [0.15, 0.2) is 11.5 Å². The maximum Gasteiger partial charge on any atom is 0.527 e. The monoisotopic (exact) mass is 379 g/mol. The van der Waals surface area contributed by atoms with Gasteiger partial charge in [-0.1, -0.05) is 0 Å². The van der Waals surface area contributed by atoms with Gasteiger partial charge in [-0.2, -0.15) is 13.2 Å². The van der Waals surface area contributed by atoms with Crippen molar-refractivity contribution in [3.8, 4) is 22.8 Å². The predicted octanol–water partition coefficient (Wildman–Crippen LogP) is 4.03. The molecule has 0 spiro atoms. The van der Waals surface area contributed by atoms with Crippen molar-refractivity contribution in [2.75, 3.05) is 13.7 Å². The Balaban J connectivity index is 2.10. The van der Waals surface area contributed by atoms with Crippen molar-refractivity contribution in [3.63, 3.8) is 0 Å². The lowest BCUT2D eigenvalue weighted by atomic mass is 9.83. The van der Waals surface area contributed by atoms with Crippen LogP contribution in [0.5, 0.6) is 11.5 Å². The normalized spacial score (nSPS) is 14.0. The first kappa shape index (κ1) is 19.1. The van der Waals surface area contributed by atoms with E-state index in [2.05, 4.69) is 4.98 Å². The van der Waals surface area contributed by atoms with Crippen molar-refractivity contribution in [1.29, 1.82) is 0 Å². The van der Waals surface area contributed by atoms with E-state index in [4.69, 9.17) is 14.1 Å². The van der Waals surface area contributed by atoms with E-state index < -0.39 is 18.9 Å². The lowest BCUT2D eigenvalue weighted by Gasteiger charge is -2.14. The fourth-order valence-corrected chi connectivity index (χ4v) is 2.72. The van der Waals surface area contributed by atoms with Gasteiger partial charge in [-0.3, -0.25) is 0 Å². The van der Waals surface area contributed by atoms with Crippen LogP contribution in [0.3, 0.4) is 0 Å². The number of aromatic nitrogens is 1. The summed E-state index contributed by atoms with van der Waals surface area (Å²) >= 11 is 0. The lowest BCUT2D eigenvalue weighted by molar-refractivity contribution is -0.137. The average Bonchev–Trinajstić information content (AvgIpc) is 3.07. The molecule has 0 atom stereocenters. The molecule has 0 saturated heterocycles. The molecular formula is C18H17BF3NO4. The van der Waals surface area contributed by atoms with Gasteiger partial charge < -0.3 is 19.2 Å². The number of ether oxygens (including phenoxy) is 2. The highest BCUT2D eigenvalue weighted by molar-refractivity contribution is 6.47. The maximum atomic E-state index is 13.4. The number of hydrogen-bond acceptors (Lipinski definition) is 5. The molecule has 1 aliphatic rings. The van der Waals surface area contributed by atoms with E-state index in [1.54, 1.807) is 25.1 Å². The number of hydrogen-bond donors (Lipinski definition) is 1. The average molecular weight is 379 g/mol. The Bertz CT molecular complexity index is 870. The SMILES string of the molecule is CCOc1cc(-c2cc(C(F)(F)F)cc(C3=COB(O)C3)n2)ccc1OC. The van der Waals surface area contributed by atoms with Gasteiger partial charge in [-0.05, 0) is 37.3 Å². The van der Waals surface area contributed by atoms with Crippen LogP contribution < -0.4 is 9.47 Å². The summed E-state index contributed by atoms with van der Waals surface area (Å²) in [5, 5.41) is 9.47. The van der Waals surface area contributed by atoms with Gasteiger partial charge in [-0.25, -0.2) is 4.98 Å². The Morgan fingerprint density at radius 2 is 1.93 bits per heavy atom. The molecule has 0 fully saturated rings. The fourth-order valence-electron chi connectivity index (χ4n) is 2.72. The van der Waals surface area contributed by atoms with Gasteiger partial charge in [0, 0.05) is 17.5 Å². The van der Waals surface area contributed by atoms with E-state index in [-0.39, 0.29) is 17.7 Å². The van der Waals surface area contributed by atoms with Crippen molar-refractivity contribution in [3.05, 3.63) is 47.9 Å². The first-order valence-corrected chi connectivity index (χ1v) is 8.25. The molecule has 2 aromatic rings. The number of pyridine rings is 1. The molecule has 1 aliphatic heterocycles. The predicted molar refractivity (Wildman–Crippen MR) is 94.2 cm³/mol. The highest BCUT2D eigenvalue weighted by atomic mass is 19.4. The molecule has 0 amide bonds. The molecule has 0 bridgehead atoms. The standard InChI is InChI=1S/C18H17BF3NO4/c1-3-26-17-6-11(4-5-16(17)25-2)14-7-13(18(20,21)22)8-15(23-14)12-9-19(24)27-10-12/h4-8,10,24H,3,9H2,1-2H3. The van der Waals surface area contributed by atoms with Crippen molar-refractivity contribution in [2.45, 2.75) is 19.4 Å². The zero-order chi connectivity index (χ0) is 19.6. The summed E-state index contributed by atoms with van der Waals surface area (Å²) < 4.78 is 55.7. The minimum absolute atomic E-state index is 0.0700. The van der Waals surface area contributed by atoms with Gasteiger partial charge >= 0.3 is 13.3 Å². The molecule has 2 heterocycles. The number of methoxy groups -OCH3 is 1. The van der Waals surface area contributed by atoms with Gasteiger partial charge in [0.2, 0.25) is 0 Å². The summed E-state index contributed by atoms with van der Waals surface area (Å²) in [5.74, 6) is 0.889. The van der Waals surface area contributed by atoms with E-state index in [0.717, 1.165) is 12.1 Å². The van der Waals surface area contributed by atoms with Crippen molar-refractivity contribution in [1.82, 2.24) is 4.98 Å². The highest BCUT2D eigenvalue weighted by Gasteiger charge is 2.33. The summed E-state index contributed by atoms with van der Waals surface area (Å²) in [4.78, 5) is 4.33. The van der Waals surface area contributed by atoms with Crippen LogP contribution in [-0.2, 0) is 10.8 Å². The Labute approximate surface area is 154 Å². The molecule has 0 saturated carbocycles. The summed E-state index contributed by atoms with van der Waals surface area (Å²) in [6.45, 7) is 2.17. The minimum atomic E-state index is -4.54. The number of allylic oxidation sites excluding steroid dienone is 1. The van der Waals surface area contributed by atoms with Gasteiger partial charge in [0.25, 0.3) is 0 Å². The van der Waals surface area contributed by atoms with E-state index in [1.165, 1.54) is 13.4 Å². The van der Waals surface area contributed by atoms with E-state index in [9.17, 15) is 18.2 Å². The van der Waals surface area contributed by atoms with Crippen molar-refractivity contribution >= 4 is 12.7 Å². The summed E-state index contributed by atoms with van der Waals surface area (Å²) in [5.41, 5.74) is 0.245. The van der Waals surface area contributed by atoms with Crippen LogP contribution in [0.4, 0.5) is 13.2 Å². The van der Waals surface area contributed by atoms with Gasteiger partial charge in [0.1, 0.15) is 0 Å². The Hall–Kier alpha value is -2.68. The first-order valence-electron chi connectivity index (χ1n) is 8.25. The number of benzene rings is 1. The summed E-state index contributed by atoms with van der Waals surface area (Å²) in [7, 11) is 0.404. The zero-order valence-corrected chi connectivity index (χ0v) is 14.7. The topological polar surface area (TPSA) is 60.8 Å². The van der Waals surface area contributed by atoms with Crippen LogP contribution in [0.1, 0.15) is 18.2 Å². The molecule has 5 nitrogen and oxygen atoms in total. The Morgan fingerprint density at radius 1 is 1.19 bits per heavy atom. The van der Waals surface area contributed by atoms with Crippen LogP contribution in [0.25, 0.3) is 16.8 Å². The third-order valence-corrected chi connectivity index (χ3v) is 4.00. The van der Waals surface area contributed by atoms with Gasteiger partial charge in [0.05, 0.1) is 36.9 Å². The van der Waals surface area contributed by atoms with E-state index in [1.807, 2.05) is 0 Å². The second kappa shape index (κ2) is 7.52. The zero-order valence-electron chi connectivity index (χ0n) is 14.7. The van der Waals surface area contributed by atoms with E-state index >= 15 is 0 Å². The largest absolute Gasteiger partial charge is 0.541 e. The van der Waals surface area contributed by atoms with Crippen molar-refractivity contribution < 1.29 is 32.3 Å². The third kappa shape index (κ3) is 4.19. The molecule has 0 unspecified atom stereocenters. The molecule has 0 aliphatic carbocycles. The van der Waals surface area contributed by atoms with E-state index in [0.29, 0.717) is 29.2 Å². The Morgan fingerprint density at radius 3 is 2.52 bits per heavy atom. The molecular weight excluding hydrogens is 362 g/mol. The molecule has 3 rings (SSSR count). The van der Waals surface area contributed by atoms with Crippen LogP contribution in [-0.4, -0.2) is 30.8 Å².